The molecule has 1 aliphatic heterocycles. The lowest BCUT2D eigenvalue weighted by molar-refractivity contribution is -0.384. The number of non-ortho nitro benzene ring substituents is 1. The van der Waals surface area contributed by atoms with Crippen LogP contribution in [-0.2, 0) is 24.3 Å². The first-order chi connectivity index (χ1) is 14.0. The number of aromatic nitrogens is 2. The number of nitro groups is 1. The lowest BCUT2D eigenvalue weighted by Gasteiger charge is -2.34. The summed E-state index contributed by atoms with van der Waals surface area (Å²) in [6.45, 7) is 0.886. The van der Waals surface area contributed by atoms with E-state index in [9.17, 15) is 14.9 Å². The van der Waals surface area contributed by atoms with Crippen molar-refractivity contribution < 1.29 is 14.2 Å². The van der Waals surface area contributed by atoms with Gasteiger partial charge in [-0.05, 0) is 17.5 Å². The Labute approximate surface area is 166 Å². The summed E-state index contributed by atoms with van der Waals surface area (Å²) in [6.07, 6.45) is 0.599. The lowest BCUT2D eigenvalue weighted by Crippen LogP contribution is -2.49. The summed E-state index contributed by atoms with van der Waals surface area (Å²) in [5, 5.41) is 17.6. The van der Waals surface area contributed by atoms with Crippen LogP contribution in [0.15, 0.2) is 53.1 Å². The first-order valence-corrected chi connectivity index (χ1v) is 9.15. The molecule has 1 amide bonds. The van der Waals surface area contributed by atoms with Crippen LogP contribution in [-0.4, -0.2) is 39.0 Å². The number of carbonyl (C=O) groups excluding carboxylic acids is 1. The van der Waals surface area contributed by atoms with Gasteiger partial charge in [-0.15, -0.1) is 0 Å². The van der Waals surface area contributed by atoms with E-state index in [1.54, 1.807) is 19.2 Å². The zero-order valence-electron chi connectivity index (χ0n) is 15.7. The molecule has 0 aliphatic carbocycles. The molecule has 29 heavy (non-hydrogen) atoms. The highest BCUT2D eigenvalue weighted by Crippen LogP contribution is 2.26. The van der Waals surface area contributed by atoms with E-state index in [2.05, 4.69) is 15.5 Å². The molecule has 3 aromatic rings. The van der Waals surface area contributed by atoms with Gasteiger partial charge < -0.3 is 9.84 Å². The van der Waals surface area contributed by atoms with Gasteiger partial charge in [-0.2, -0.15) is 4.98 Å². The molecule has 1 atom stereocenters. The van der Waals surface area contributed by atoms with Crippen molar-refractivity contribution in [3.05, 3.63) is 75.7 Å². The Morgan fingerprint density at radius 1 is 1.28 bits per heavy atom. The minimum absolute atomic E-state index is 0.0406. The number of hydrogen-bond acceptors (Lipinski definition) is 7. The van der Waals surface area contributed by atoms with Crippen molar-refractivity contribution in [2.45, 2.75) is 25.6 Å². The average Bonchev–Trinajstić information content (AvgIpc) is 3.21. The Morgan fingerprint density at radius 3 is 2.83 bits per heavy atom. The summed E-state index contributed by atoms with van der Waals surface area (Å²) in [4.78, 5) is 29.3. The van der Waals surface area contributed by atoms with E-state index in [-0.39, 0.29) is 23.5 Å². The zero-order chi connectivity index (χ0) is 20.4. The summed E-state index contributed by atoms with van der Waals surface area (Å²) in [5.74, 6) is 0.551. The number of likely N-dealkylation sites (N-methyl/N-ethyl adjacent to an activating group) is 1. The number of nitro benzene ring substituents is 1. The van der Waals surface area contributed by atoms with E-state index >= 15 is 0 Å². The molecule has 0 unspecified atom stereocenters. The number of hydrogen-bond donors (Lipinski definition) is 1. The molecule has 0 saturated carbocycles. The average molecular weight is 393 g/mol. The maximum absolute atomic E-state index is 12.4. The molecule has 4 rings (SSSR count). The molecule has 1 aliphatic rings. The third-order valence-corrected chi connectivity index (χ3v) is 5.02. The molecule has 0 spiro atoms. The Kier molecular flexibility index (Phi) is 5.05. The van der Waals surface area contributed by atoms with E-state index in [1.165, 1.54) is 12.1 Å². The van der Waals surface area contributed by atoms with E-state index in [4.69, 9.17) is 4.52 Å². The molecule has 9 nitrogen and oxygen atoms in total. The molecule has 0 radical (unpaired) electrons. The van der Waals surface area contributed by atoms with Gasteiger partial charge in [0.1, 0.15) is 0 Å². The minimum Gasteiger partial charge on any atom is -0.358 e. The third-order valence-electron chi connectivity index (χ3n) is 5.02. The van der Waals surface area contributed by atoms with Gasteiger partial charge in [-0.25, -0.2) is 0 Å². The maximum atomic E-state index is 12.4. The Morgan fingerprint density at radius 2 is 2.07 bits per heavy atom. The van der Waals surface area contributed by atoms with E-state index in [0.29, 0.717) is 31.0 Å². The SMILES string of the molecule is CNC(=O)[C@@H]1Cc2ccccc2CN1Cc1nc(-c2cccc([N+](=O)[O-])c2)no1. The van der Waals surface area contributed by atoms with Gasteiger partial charge in [0.15, 0.2) is 0 Å². The van der Waals surface area contributed by atoms with Crippen LogP contribution in [0.25, 0.3) is 11.4 Å². The van der Waals surface area contributed by atoms with E-state index in [0.717, 1.165) is 11.1 Å². The third kappa shape index (κ3) is 3.85. The first kappa shape index (κ1) is 18.8. The van der Waals surface area contributed by atoms with Gasteiger partial charge in [-0.1, -0.05) is 41.6 Å². The van der Waals surface area contributed by atoms with Crippen molar-refractivity contribution in [3.63, 3.8) is 0 Å². The largest absolute Gasteiger partial charge is 0.358 e. The van der Waals surface area contributed by atoms with Crippen LogP contribution in [0.5, 0.6) is 0 Å². The quantitative estimate of drug-likeness (QED) is 0.522. The highest BCUT2D eigenvalue weighted by atomic mass is 16.6. The number of rotatable bonds is 5. The maximum Gasteiger partial charge on any atom is 0.270 e. The molecular weight excluding hydrogens is 374 g/mol. The number of carbonyl (C=O) groups is 1. The normalized spacial score (nSPS) is 16.2. The van der Waals surface area contributed by atoms with Gasteiger partial charge in [0, 0.05) is 31.3 Å². The van der Waals surface area contributed by atoms with Crippen LogP contribution in [0, 0.1) is 10.1 Å². The summed E-state index contributed by atoms with van der Waals surface area (Å²) in [6, 6.07) is 13.8. The van der Waals surface area contributed by atoms with E-state index in [1.807, 2.05) is 29.2 Å². The molecule has 148 valence electrons. The summed E-state index contributed by atoms with van der Waals surface area (Å²) in [7, 11) is 1.62. The van der Waals surface area contributed by atoms with Crippen LogP contribution in [0.2, 0.25) is 0 Å². The molecule has 2 aromatic carbocycles. The van der Waals surface area contributed by atoms with Crippen LogP contribution >= 0.6 is 0 Å². The second-order valence-electron chi connectivity index (χ2n) is 6.83. The fraction of sp³-hybridized carbons (Fsp3) is 0.250. The van der Waals surface area contributed by atoms with Crippen LogP contribution in [0.4, 0.5) is 5.69 Å². The van der Waals surface area contributed by atoms with Gasteiger partial charge in [-0.3, -0.25) is 19.8 Å². The van der Waals surface area contributed by atoms with Crippen molar-refractivity contribution in [2.75, 3.05) is 7.05 Å². The van der Waals surface area contributed by atoms with Crippen molar-refractivity contribution >= 4 is 11.6 Å². The minimum atomic E-state index is -0.469. The Bertz CT molecular complexity index is 1060. The smallest absolute Gasteiger partial charge is 0.270 e. The number of nitrogens with zero attached hydrogens (tertiary/aromatic N) is 4. The van der Waals surface area contributed by atoms with Gasteiger partial charge in [0.05, 0.1) is 17.5 Å². The van der Waals surface area contributed by atoms with Crippen molar-refractivity contribution in [1.29, 1.82) is 0 Å². The van der Waals surface area contributed by atoms with E-state index < -0.39 is 4.92 Å². The van der Waals surface area contributed by atoms with Crippen LogP contribution in [0.1, 0.15) is 17.0 Å². The monoisotopic (exact) mass is 393 g/mol. The molecule has 1 N–H and O–H groups in total. The Hall–Kier alpha value is -3.59. The molecule has 0 saturated heterocycles. The topological polar surface area (TPSA) is 114 Å². The van der Waals surface area contributed by atoms with Gasteiger partial charge in [0.25, 0.3) is 5.69 Å². The molecule has 1 aromatic heterocycles. The number of fused-ring (bicyclic) bond motifs is 1. The predicted octanol–water partition coefficient (Wildman–Crippen LogP) is 2.32. The van der Waals surface area contributed by atoms with Crippen molar-refractivity contribution in [3.8, 4) is 11.4 Å². The molecule has 0 fully saturated rings. The summed E-state index contributed by atoms with van der Waals surface area (Å²) < 4.78 is 5.37. The fourth-order valence-electron chi connectivity index (χ4n) is 3.54. The van der Waals surface area contributed by atoms with Gasteiger partial charge >= 0.3 is 0 Å². The summed E-state index contributed by atoms with van der Waals surface area (Å²) >= 11 is 0. The second kappa shape index (κ2) is 7.80. The van der Waals surface area contributed by atoms with Gasteiger partial charge in [0.2, 0.25) is 17.6 Å². The Balaban J connectivity index is 1.57. The van der Waals surface area contributed by atoms with Crippen molar-refractivity contribution in [1.82, 2.24) is 20.4 Å². The summed E-state index contributed by atoms with van der Waals surface area (Å²) in [5.41, 5.74) is 2.77. The standard InChI is InChI=1S/C20H19N5O4/c1-21-20(26)17-10-13-5-2-3-6-15(13)11-24(17)12-18-22-19(23-29-18)14-7-4-8-16(9-14)25(27)28/h2-9,17H,10-12H2,1H3,(H,21,26)/t17-/m0/s1. The lowest BCUT2D eigenvalue weighted by atomic mass is 9.93. The predicted molar refractivity (Wildman–Crippen MR) is 104 cm³/mol. The van der Waals surface area contributed by atoms with Crippen LogP contribution in [0.3, 0.4) is 0 Å². The van der Waals surface area contributed by atoms with Crippen LogP contribution < -0.4 is 5.32 Å². The van der Waals surface area contributed by atoms with Crippen molar-refractivity contribution in [2.24, 2.45) is 0 Å². The number of amides is 1. The number of nitrogens with one attached hydrogen (secondary N) is 1. The molecule has 9 heteroatoms. The highest BCUT2D eigenvalue weighted by molar-refractivity contribution is 5.82. The second-order valence-corrected chi connectivity index (χ2v) is 6.83. The zero-order valence-corrected chi connectivity index (χ0v) is 15.7. The number of benzene rings is 2. The first-order valence-electron chi connectivity index (χ1n) is 9.15. The fourth-order valence-corrected chi connectivity index (χ4v) is 3.54. The molecule has 2 heterocycles. The highest BCUT2D eigenvalue weighted by Gasteiger charge is 2.32. The molecule has 0 bridgehead atoms. The molecular formula is C20H19N5O4.